The van der Waals surface area contributed by atoms with E-state index in [0.29, 0.717) is 16.3 Å². The van der Waals surface area contributed by atoms with Crippen LogP contribution >= 0.6 is 23.8 Å². The SMILES string of the molecule is Cc1ccc(NC(=S)NN2C(=O)N[C@@](C)(c3ccccc3)C2=O)cc1Cl. The van der Waals surface area contributed by atoms with Gasteiger partial charge in [0, 0.05) is 10.7 Å². The van der Waals surface area contributed by atoms with Crippen molar-refractivity contribution in [3.8, 4) is 0 Å². The molecule has 1 heterocycles. The van der Waals surface area contributed by atoms with E-state index in [9.17, 15) is 9.59 Å². The zero-order valence-corrected chi connectivity index (χ0v) is 15.7. The van der Waals surface area contributed by atoms with Gasteiger partial charge in [-0.25, -0.2) is 4.79 Å². The molecule has 1 aliphatic heterocycles. The molecule has 3 amide bonds. The lowest BCUT2D eigenvalue weighted by atomic mass is 9.92. The molecule has 0 unspecified atom stereocenters. The smallest absolute Gasteiger partial charge is 0.331 e. The Kier molecular flexibility index (Phi) is 4.84. The van der Waals surface area contributed by atoms with Gasteiger partial charge in [-0.2, -0.15) is 5.01 Å². The summed E-state index contributed by atoms with van der Waals surface area (Å²) in [5.74, 6) is -0.445. The normalized spacial score (nSPS) is 19.3. The Hall–Kier alpha value is -2.64. The van der Waals surface area contributed by atoms with Gasteiger partial charge in [-0.15, -0.1) is 0 Å². The van der Waals surface area contributed by atoms with Crippen molar-refractivity contribution in [2.45, 2.75) is 19.4 Å². The summed E-state index contributed by atoms with van der Waals surface area (Å²) in [6.07, 6.45) is 0. The second-order valence-corrected chi connectivity index (χ2v) is 6.91. The van der Waals surface area contributed by atoms with Gasteiger partial charge in [-0.1, -0.05) is 48.0 Å². The van der Waals surface area contributed by atoms with E-state index in [1.165, 1.54) is 0 Å². The van der Waals surface area contributed by atoms with Crippen molar-refractivity contribution in [2.24, 2.45) is 0 Å². The zero-order chi connectivity index (χ0) is 18.9. The molecular formula is C18H17ClN4O2S. The number of carbonyl (C=O) groups is 2. The lowest BCUT2D eigenvalue weighted by Gasteiger charge is -2.22. The number of amides is 3. The highest BCUT2D eigenvalue weighted by Gasteiger charge is 2.49. The average Bonchev–Trinajstić information content (AvgIpc) is 2.83. The Morgan fingerprint density at radius 3 is 2.54 bits per heavy atom. The molecule has 1 aliphatic rings. The van der Waals surface area contributed by atoms with Crippen molar-refractivity contribution in [3.63, 3.8) is 0 Å². The minimum absolute atomic E-state index is 0.103. The predicted octanol–water partition coefficient (Wildman–Crippen LogP) is 3.32. The lowest BCUT2D eigenvalue weighted by Crippen LogP contribution is -2.49. The molecule has 3 rings (SSSR count). The highest BCUT2D eigenvalue weighted by molar-refractivity contribution is 7.80. The number of hydrogen-bond donors (Lipinski definition) is 3. The van der Waals surface area contributed by atoms with Gasteiger partial charge in [0.05, 0.1) is 0 Å². The van der Waals surface area contributed by atoms with Gasteiger partial charge < -0.3 is 10.6 Å². The molecule has 0 spiro atoms. The fourth-order valence-corrected chi connectivity index (χ4v) is 3.03. The topological polar surface area (TPSA) is 73.5 Å². The third-order valence-electron chi connectivity index (χ3n) is 4.19. The van der Waals surface area contributed by atoms with E-state index in [2.05, 4.69) is 16.1 Å². The Balaban J connectivity index is 1.73. The number of hydrazine groups is 1. The minimum atomic E-state index is -1.16. The van der Waals surface area contributed by atoms with E-state index in [-0.39, 0.29) is 5.11 Å². The third kappa shape index (κ3) is 3.36. The number of urea groups is 1. The van der Waals surface area contributed by atoms with Crippen molar-refractivity contribution in [3.05, 3.63) is 64.7 Å². The number of benzene rings is 2. The summed E-state index contributed by atoms with van der Waals surface area (Å²) in [5.41, 5.74) is 3.75. The summed E-state index contributed by atoms with van der Waals surface area (Å²) in [4.78, 5) is 25.1. The molecule has 2 aromatic carbocycles. The van der Waals surface area contributed by atoms with Crippen LogP contribution in [0.4, 0.5) is 10.5 Å². The quantitative estimate of drug-likeness (QED) is 0.555. The number of halogens is 1. The standard InChI is InChI=1S/C18H17ClN4O2S/c1-11-8-9-13(10-14(11)19)20-16(26)22-23-15(24)18(2,21-17(23)25)12-6-4-3-5-7-12/h3-10H,1-2H3,(H,21,25)(H2,20,22,26)/t18-/m0/s1. The first-order chi connectivity index (χ1) is 12.3. The van der Waals surface area contributed by atoms with Crippen molar-refractivity contribution in [1.82, 2.24) is 15.8 Å². The summed E-state index contributed by atoms with van der Waals surface area (Å²) in [6, 6.07) is 13.8. The first kappa shape index (κ1) is 18.2. The van der Waals surface area contributed by atoms with Gasteiger partial charge in [0.1, 0.15) is 5.54 Å². The number of aryl methyl sites for hydroxylation is 1. The van der Waals surface area contributed by atoms with E-state index in [0.717, 1.165) is 10.6 Å². The van der Waals surface area contributed by atoms with Gasteiger partial charge in [-0.3, -0.25) is 10.2 Å². The molecule has 6 nitrogen and oxygen atoms in total. The van der Waals surface area contributed by atoms with Crippen molar-refractivity contribution in [2.75, 3.05) is 5.32 Å². The number of imide groups is 1. The van der Waals surface area contributed by atoms with Gasteiger partial charge >= 0.3 is 6.03 Å². The number of nitrogens with one attached hydrogen (secondary N) is 3. The number of anilines is 1. The Morgan fingerprint density at radius 1 is 1.19 bits per heavy atom. The maximum Gasteiger partial charge on any atom is 0.344 e. The fraction of sp³-hybridized carbons (Fsp3) is 0.167. The predicted molar refractivity (Wildman–Crippen MR) is 105 cm³/mol. The molecule has 0 bridgehead atoms. The second-order valence-electron chi connectivity index (χ2n) is 6.09. The summed E-state index contributed by atoms with van der Waals surface area (Å²) in [7, 11) is 0. The Morgan fingerprint density at radius 2 is 1.88 bits per heavy atom. The summed E-state index contributed by atoms with van der Waals surface area (Å²) in [5, 5.41) is 7.17. The van der Waals surface area contributed by atoms with Crippen LogP contribution in [0.5, 0.6) is 0 Å². The van der Waals surface area contributed by atoms with Gasteiger partial charge in [0.2, 0.25) is 0 Å². The second kappa shape index (κ2) is 6.93. The summed E-state index contributed by atoms with van der Waals surface area (Å²) in [6.45, 7) is 3.54. The lowest BCUT2D eigenvalue weighted by molar-refractivity contribution is -0.132. The molecule has 1 atom stereocenters. The van der Waals surface area contributed by atoms with Crippen LogP contribution in [0.2, 0.25) is 5.02 Å². The van der Waals surface area contributed by atoms with Crippen molar-refractivity contribution in [1.29, 1.82) is 0 Å². The first-order valence-corrected chi connectivity index (χ1v) is 8.66. The average molecular weight is 389 g/mol. The number of nitrogens with zero attached hydrogens (tertiary/aromatic N) is 1. The maximum atomic E-state index is 12.8. The van der Waals surface area contributed by atoms with E-state index in [1.54, 1.807) is 31.2 Å². The van der Waals surface area contributed by atoms with Crippen LogP contribution in [0.1, 0.15) is 18.1 Å². The van der Waals surface area contributed by atoms with E-state index in [1.807, 2.05) is 31.2 Å². The van der Waals surface area contributed by atoms with Crippen LogP contribution in [0.3, 0.4) is 0 Å². The van der Waals surface area contributed by atoms with Gasteiger partial charge in [0.15, 0.2) is 5.11 Å². The van der Waals surface area contributed by atoms with Crippen LogP contribution in [0.15, 0.2) is 48.5 Å². The highest BCUT2D eigenvalue weighted by atomic mass is 35.5. The molecule has 1 fully saturated rings. The monoisotopic (exact) mass is 388 g/mol. The largest absolute Gasteiger partial charge is 0.344 e. The number of hydrogen-bond acceptors (Lipinski definition) is 3. The van der Waals surface area contributed by atoms with Crippen molar-refractivity contribution < 1.29 is 9.59 Å². The molecule has 0 aromatic heterocycles. The molecule has 2 aromatic rings. The first-order valence-electron chi connectivity index (χ1n) is 7.87. The molecular weight excluding hydrogens is 372 g/mol. The molecule has 1 saturated heterocycles. The van der Waals surface area contributed by atoms with Crippen LogP contribution in [0, 0.1) is 6.92 Å². The van der Waals surface area contributed by atoms with E-state index in [4.69, 9.17) is 23.8 Å². The van der Waals surface area contributed by atoms with Crippen molar-refractivity contribution >= 4 is 46.6 Å². The van der Waals surface area contributed by atoms with Crippen LogP contribution in [-0.4, -0.2) is 22.1 Å². The Labute approximate surface area is 161 Å². The van der Waals surface area contributed by atoms with Gasteiger partial charge in [0.25, 0.3) is 5.91 Å². The number of carbonyl (C=O) groups excluding carboxylic acids is 2. The van der Waals surface area contributed by atoms with E-state index >= 15 is 0 Å². The zero-order valence-electron chi connectivity index (χ0n) is 14.2. The highest BCUT2D eigenvalue weighted by Crippen LogP contribution is 2.27. The minimum Gasteiger partial charge on any atom is -0.331 e. The molecule has 8 heteroatoms. The van der Waals surface area contributed by atoms with Crippen LogP contribution in [0.25, 0.3) is 0 Å². The summed E-state index contributed by atoms with van der Waals surface area (Å²) >= 11 is 11.3. The number of rotatable bonds is 3. The Bertz CT molecular complexity index is 890. The van der Waals surface area contributed by atoms with E-state index < -0.39 is 17.5 Å². The summed E-state index contributed by atoms with van der Waals surface area (Å²) < 4.78 is 0. The fourth-order valence-electron chi connectivity index (χ4n) is 2.64. The number of thiocarbonyl (C=S) groups is 1. The van der Waals surface area contributed by atoms with Crippen LogP contribution < -0.4 is 16.1 Å². The molecule has 3 N–H and O–H groups in total. The third-order valence-corrected chi connectivity index (χ3v) is 4.79. The molecule has 0 radical (unpaired) electrons. The molecule has 0 aliphatic carbocycles. The van der Waals surface area contributed by atoms with Crippen LogP contribution in [-0.2, 0) is 10.3 Å². The molecule has 26 heavy (non-hydrogen) atoms. The van der Waals surface area contributed by atoms with Gasteiger partial charge in [-0.05, 0) is 49.3 Å². The maximum absolute atomic E-state index is 12.8. The molecule has 134 valence electrons. The molecule has 0 saturated carbocycles.